The second-order valence-corrected chi connectivity index (χ2v) is 8.37. The molecule has 152 valence electrons. The third kappa shape index (κ3) is 4.16. The van der Waals surface area contributed by atoms with Crippen molar-refractivity contribution in [2.24, 2.45) is 0 Å². The lowest BCUT2D eigenvalue weighted by Gasteiger charge is -2.24. The largest absolute Gasteiger partial charge is 0.444 e. The Bertz CT molecular complexity index is 1080. The van der Waals surface area contributed by atoms with E-state index >= 15 is 0 Å². The number of nitrogens with one attached hydrogen (secondary N) is 1. The van der Waals surface area contributed by atoms with Crippen LogP contribution in [0, 0.1) is 0 Å². The summed E-state index contributed by atoms with van der Waals surface area (Å²) in [6.07, 6.45) is 2.49. The maximum absolute atomic E-state index is 12.5. The van der Waals surface area contributed by atoms with E-state index in [2.05, 4.69) is 15.1 Å². The number of ether oxygens (including phenoxy) is 1. The molecule has 1 aromatic carbocycles. The summed E-state index contributed by atoms with van der Waals surface area (Å²) in [7, 11) is 0. The van der Waals surface area contributed by atoms with Crippen LogP contribution < -0.4 is 5.56 Å². The number of likely N-dealkylation sites (tertiary alicyclic amines) is 1. The molecule has 1 saturated heterocycles. The fraction of sp³-hybridized carbons (Fsp3) is 0.429. The average Bonchev–Trinajstić information content (AvgIpc) is 3.28. The molecule has 1 atom stereocenters. The summed E-state index contributed by atoms with van der Waals surface area (Å²) in [5.74, 6) is 0.595. The Balaban J connectivity index is 1.58. The van der Waals surface area contributed by atoms with Crippen molar-refractivity contribution in [1.29, 1.82) is 0 Å². The highest BCUT2D eigenvalue weighted by atomic mass is 16.6. The monoisotopic (exact) mass is 395 g/mol. The van der Waals surface area contributed by atoms with Gasteiger partial charge < -0.3 is 14.6 Å². The Hall–Kier alpha value is -3.16. The number of aromatic amines is 1. The Morgan fingerprint density at radius 3 is 2.76 bits per heavy atom. The second-order valence-electron chi connectivity index (χ2n) is 8.37. The van der Waals surface area contributed by atoms with Gasteiger partial charge >= 0.3 is 6.09 Å². The number of nitrogens with zero attached hydrogens (tertiary/aromatic N) is 4. The van der Waals surface area contributed by atoms with E-state index in [0.717, 1.165) is 12.0 Å². The minimum absolute atomic E-state index is 0.0427. The maximum atomic E-state index is 12.5. The number of benzene rings is 1. The van der Waals surface area contributed by atoms with Crippen LogP contribution in [0.5, 0.6) is 0 Å². The van der Waals surface area contributed by atoms with Crippen molar-refractivity contribution < 1.29 is 9.53 Å². The lowest BCUT2D eigenvalue weighted by Crippen LogP contribution is -2.35. The van der Waals surface area contributed by atoms with E-state index in [0.29, 0.717) is 36.4 Å². The predicted octanol–water partition coefficient (Wildman–Crippen LogP) is 2.89. The van der Waals surface area contributed by atoms with E-state index in [1.807, 2.05) is 51.1 Å². The van der Waals surface area contributed by atoms with Crippen molar-refractivity contribution in [3.8, 4) is 0 Å². The van der Waals surface area contributed by atoms with Gasteiger partial charge in [0.2, 0.25) is 0 Å². The number of H-pyrrole nitrogens is 1. The van der Waals surface area contributed by atoms with Gasteiger partial charge in [-0.3, -0.25) is 4.79 Å². The van der Waals surface area contributed by atoms with Crippen molar-refractivity contribution in [2.75, 3.05) is 13.1 Å². The lowest BCUT2D eigenvalue weighted by molar-refractivity contribution is 0.0288. The molecule has 1 unspecified atom stereocenters. The molecule has 0 aliphatic carbocycles. The third-order valence-corrected chi connectivity index (χ3v) is 4.89. The molecule has 1 amide bonds. The van der Waals surface area contributed by atoms with Gasteiger partial charge in [-0.1, -0.05) is 30.3 Å². The first-order chi connectivity index (χ1) is 13.8. The van der Waals surface area contributed by atoms with Crippen LogP contribution in [-0.2, 0) is 11.2 Å². The molecule has 0 radical (unpaired) electrons. The zero-order chi connectivity index (χ0) is 20.6. The van der Waals surface area contributed by atoms with Gasteiger partial charge in [0.25, 0.3) is 5.56 Å². The molecule has 3 heterocycles. The van der Waals surface area contributed by atoms with Crippen LogP contribution in [0.3, 0.4) is 0 Å². The van der Waals surface area contributed by atoms with E-state index in [-0.39, 0.29) is 17.7 Å². The van der Waals surface area contributed by atoms with Crippen LogP contribution in [0.25, 0.3) is 11.0 Å². The van der Waals surface area contributed by atoms with Crippen molar-refractivity contribution in [3.05, 3.63) is 58.3 Å². The number of aromatic nitrogens is 4. The molecular formula is C21H25N5O3. The van der Waals surface area contributed by atoms with Crippen LogP contribution in [0.4, 0.5) is 4.79 Å². The molecule has 1 aliphatic heterocycles. The van der Waals surface area contributed by atoms with Crippen LogP contribution in [-0.4, -0.2) is 49.4 Å². The van der Waals surface area contributed by atoms with Gasteiger partial charge in [0.15, 0.2) is 5.65 Å². The number of carbonyl (C=O) groups is 1. The minimum Gasteiger partial charge on any atom is -0.444 e. The van der Waals surface area contributed by atoms with Crippen LogP contribution in [0.15, 0.2) is 41.3 Å². The highest BCUT2D eigenvalue weighted by Gasteiger charge is 2.32. The first-order valence-electron chi connectivity index (χ1n) is 9.78. The van der Waals surface area contributed by atoms with Gasteiger partial charge in [0.1, 0.15) is 16.8 Å². The van der Waals surface area contributed by atoms with Gasteiger partial charge in [-0.05, 0) is 32.8 Å². The number of hydrogen-bond donors (Lipinski definition) is 1. The summed E-state index contributed by atoms with van der Waals surface area (Å²) in [6, 6.07) is 9.82. The molecule has 4 rings (SSSR count). The molecule has 8 nitrogen and oxygen atoms in total. The van der Waals surface area contributed by atoms with Crippen LogP contribution in [0.1, 0.15) is 44.6 Å². The lowest BCUT2D eigenvalue weighted by atomic mass is 10.1. The fourth-order valence-electron chi connectivity index (χ4n) is 3.56. The highest BCUT2D eigenvalue weighted by molar-refractivity contribution is 5.73. The summed E-state index contributed by atoms with van der Waals surface area (Å²) in [5.41, 5.74) is 0.886. The van der Waals surface area contributed by atoms with Crippen LogP contribution >= 0.6 is 0 Å². The Kier molecular flexibility index (Phi) is 4.86. The molecule has 3 aromatic rings. The molecule has 1 N–H and O–H groups in total. The normalized spacial score (nSPS) is 17.1. The quantitative estimate of drug-likeness (QED) is 0.736. The Morgan fingerprint density at radius 2 is 2.03 bits per heavy atom. The molecule has 8 heteroatoms. The van der Waals surface area contributed by atoms with Gasteiger partial charge in [-0.2, -0.15) is 5.10 Å². The Morgan fingerprint density at radius 1 is 1.28 bits per heavy atom. The zero-order valence-electron chi connectivity index (χ0n) is 16.9. The zero-order valence-corrected chi connectivity index (χ0v) is 16.9. The summed E-state index contributed by atoms with van der Waals surface area (Å²) in [5, 5.41) is 4.87. The van der Waals surface area contributed by atoms with Gasteiger partial charge in [-0.15, -0.1) is 0 Å². The average molecular weight is 395 g/mol. The topological polar surface area (TPSA) is 93.1 Å². The standard InChI is InChI=1S/C21H25N5O3/c1-21(2,3)29-20(28)25-10-9-15(13-25)26-18-16(12-22-26)19(27)24-17(23-18)11-14-7-5-4-6-8-14/h4-8,12,15H,9-11,13H2,1-3H3,(H,23,24,27). The van der Waals surface area contributed by atoms with E-state index in [1.54, 1.807) is 15.8 Å². The number of rotatable bonds is 3. The summed E-state index contributed by atoms with van der Waals surface area (Å²) >= 11 is 0. The van der Waals surface area contributed by atoms with Crippen molar-refractivity contribution in [3.63, 3.8) is 0 Å². The maximum Gasteiger partial charge on any atom is 0.410 e. The predicted molar refractivity (Wildman–Crippen MR) is 109 cm³/mol. The molecule has 1 aliphatic rings. The third-order valence-electron chi connectivity index (χ3n) is 4.89. The minimum atomic E-state index is -0.533. The number of hydrogen-bond acceptors (Lipinski definition) is 5. The molecule has 0 saturated carbocycles. The van der Waals surface area contributed by atoms with E-state index < -0.39 is 5.60 Å². The number of carbonyl (C=O) groups excluding carboxylic acids is 1. The van der Waals surface area contributed by atoms with Crippen LogP contribution in [0.2, 0.25) is 0 Å². The van der Waals surface area contributed by atoms with E-state index in [9.17, 15) is 9.59 Å². The van der Waals surface area contributed by atoms with E-state index in [4.69, 9.17) is 4.74 Å². The van der Waals surface area contributed by atoms with Crippen molar-refractivity contribution in [2.45, 2.75) is 45.3 Å². The molecule has 2 aromatic heterocycles. The molecule has 0 spiro atoms. The molecule has 29 heavy (non-hydrogen) atoms. The molecular weight excluding hydrogens is 370 g/mol. The first-order valence-corrected chi connectivity index (χ1v) is 9.78. The highest BCUT2D eigenvalue weighted by Crippen LogP contribution is 2.25. The summed E-state index contributed by atoms with van der Waals surface area (Å²) in [4.78, 5) is 34.1. The summed E-state index contributed by atoms with van der Waals surface area (Å²) < 4.78 is 7.23. The number of amides is 1. The Labute approximate surface area is 168 Å². The van der Waals surface area contributed by atoms with E-state index in [1.165, 1.54) is 0 Å². The fourth-order valence-corrected chi connectivity index (χ4v) is 3.56. The van der Waals surface area contributed by atoms with Gasteiger partial charge in [0.05, 0.1) is 12.2 Å². The SMILES string of the molecule is CC(C)(C)OC(=O)N1CCC(n2ncc3c(=O)[nH]c(Cc4ccccc4)nc32)C1. The van der Waals surface area contributed by atoms with Crippen molar-refractivity contribution >= 4 is 17.1 Å². The summed E-state index contributed by atoms with van der Waals surface area (Å²) in [6.45, 7) is 6.62. The molecule has 0 bridgehead atoms. The van der Waals surface area contributed by atoms with Gasteiger partial charge in [0, 0.05) is 19.5 Å². The second kappa shape index (κ2) is 7.35. The smallest absolute Gasteiger partial charge is 0.410 e. The molecule has 1 fully saturated rings. The number of fused-ring (bicyclic) bond motifs is 1. The van der Waals surface area contributed by atoms with Gasteiger partial charge in [-0.25, -0.2) is 14.5 Å². The first kappa shape index (κ1) is 19.2. The van der Waals surface area contributed by atoms with Crippen molar-refractivity contribution in [1.82, 2.24) is 24.6 Å².